The smallest absolute Gasteiger partial charge is 0.0814 e. The lowest BCUT2D eigenvalue weighted by Crippen LogP contribution is -2.30. The van der Waals surface area contributed by atoms with Crippen LogP contribution in [0, 0.1) is 5.41 Å². The van der Waals surface area contributed by atoms with Gasteiger partial charge >= 0.3 is 0 Å². The first-order chi connectivity index (χ1) is 8.59. The molecule has 0 aromatic rings. The molecule has 0 bridgehead atoms. The summed E-state index contributed by atoms with van der Waals surface area (Å²) >= 11 is 0. The SMILES string of the molecule is CNCC1CCC(COC2CCC(C)(C)CC2)O1. The fourth-order valence-corrected chi connectivity index (χ4v) is 3.06. The van der Waals surface area contributed by atoms with Gasteiger partial charge in [0.15, 0.2) is 0 Å². The first-order valence-corrected chi connectivity index (χ1v) is 7.51. The zero-order chi connectivity index (χ0) is 13.0. The standard InChI is InChI=1S/C15H29NO2/c1-15(2)8-6-12(7-9-15)17-11-14-5-4-13(18-14)10-16-3/h12-14,16H,4-11H2,1-3H3. The van der Waals surface area contributed by atoms with Gasteiger partial charge in [-0.15, -0.1) is 0 Å². The molecule has 1 aliphatic heterocycles. The van der Waals surface area contributed by atoms with E-state index in [0.717, 1.165) is 19.6 Å². The van der Waals surface area contributed by atoms with Crippen molar-refractivity contribution in [3.63, 3.8) is 0 Å². The molecule has 1 aliphatic carbocycles. The third-order valence-electron chi connectivity index (χ3n) is 4.43. The van der Waals surface area contributed by atoms with Crippen LogP contribution in [0.4, 0.5) is 0 Å². The zero-order valence-corrected chi connectivity index (χ0v) is 12.2. The van der Waals surface area contributed by atoms with Gasteiger partial charge in [0.25, 0.3) is 0 Å². The van der Waals surface area contributed by atoms with Crippen LogP contribution in [0.3, 0.4) is 0 Å². The second kappa shape index (κ2) is 6.36. The quantitative estimate of drug-likeness (QED) is 0.819. The summed E-state index contributed by atoms with van der Waals surface area (Å²) < 4.78 is 12.0. The van der Waals surface area contributed by atoms with E-state index in [1.165, 1.54) is 32.1 Å². The van der Waals surface area contributed by atoms with E-state index in [4.69, 9.17) is 9.47 Å². The Balaban J connectivity index is 1.61. The summed E-state index contributed by atoms with van der Waals surface area (Å²) in [4.78, 5) is 0. The highest BCUT2D eigenvalue weighted by Gasteiger charge is 2.29. The molecule has 2 unspecified atom stereocenters. The molecule has 2 fully saturated rings. The van der Waals surface area contributed by atoms with Crippen LogP contribution >= 0.6 is 0 Å². The van der Waals surface area contributed by atoms with Gasteiger partial charge in [-0.2, -0.15) is 0 Å². The Morgan fingerprint density at radius 2 is 1.78 bits per heavy atom. The summed E-state index contributed by atoms with van der Waals surface area (Å²) in [7, 11) is 1.98. The van der Waals surface area contributed by atoms with E-state index < -0.39 is 0 Å². The molecule has 3 heteroatoms. The van der Waals surface area contributed by atoms with Gasteiger partial charge in [0, 0.05) is 6.54 Å². The Bertz CT molecular complexity index is 245. The number of likely N-dealkylation sites (N-methyl/N-ethyl adjacent to an activating group) is 1. The second-order valence-corrected chi connectivity index (χ2v) is 6.71. The number of nitrogens with one attached hydrogen (secondary N) is 1. The molecule has 3 nitrogen and oxygen atoms in total. The lowest BCUT2D eigenvalue weighted by atomic mass is 9.76. The minimum atomic E-state index is 0.332. The molecule has 0 radical (unpaired) electrons. The maximum Gasteiger partial charge on any atom is 0.0814 e. The zero-order valence-electron chi connectivity index (χ0n) is 12.2. The molecule has 0 aromatic carbocycles. The monoisotopic (exact) mass is 255 g/mol. The Hall–Kier alpha value is -0.120. The fourth-order valence-electron chi connectivity index (χ4n) is 3.06. The average molecular weight is 255 g/mol. The van der Waals surface area contributed by atoms with E-state index in [9.17, 15) is 0 Å². The molecule has 0 amide bonds. The molecule has 1 N–H and O–H groups in total. The van der Waals surface area contributed by atoms with Crippen LogP contribution in [0.2, 0.25) is 0 Å². The van der Waals surface area contributed by atoms with E-state index in [1.807, 2.05) is 7.05 Å². The van der Waals surface area contributed by atoms with Crippen molar-refractivity contribution >= 4 is 0 Å². The van der Waals surface area contributed by atoms with Gasteiger partial charge in [0.1, 0.15) is 0 Å². The third-order valence-corrected chi connectivity index (χ3v) is 4.43. The average Bonchev–Trinajstić information content (AvgIpc) is 2.76. The predicted molar refractivity (Wildman–Crippen MR) is 73.8 cm³/mol. The van der Waals surface area contributed by atoms with Crippen molar-refractivity contribution in [3.8, 4) is 0 Å². The van der Waals surface area contributed by atoms with Gasteiger partial charge in [0.05, 0.1) is 24.9 Å². The van der Waals surface area contributed by atoms with Gasteiger partial charge in [-0.25, -0.2) is 0 Å². The minimum absolute atomic E-state index is 0.332. The fraction of sp³-hybridized carbons (Fsp3) is 1.00. The molecule has 18 heavy (non-hydrogen) atoms. The van der Waals surface area contributed by atoms with Crippen LogP contribution in [0.15, 0.2) is 0 Å². The van der Waals surface area contributed by atoms with Crippen molar-refractivity contribution in [2.24, 2.45) is 5.41 Å². The predicted octanol–water partition coefficient (Wildman–Crippen LogP) is 2.74. The van der Waals surface area contributed by atoms with Crippen LogP contribution < -0.4 is 5.32 Å². The van der Waals surface area contributed by atoms with E-state index in [-0.39, 0.29) is 0 Å². The summed E-state index contributed by atoms with van der Waals surface area (Å²) in [6, 6.07) is 0. The third kappa shape index (κ3) is 4.22. The maximum atomic E-state index is 6.04. The molecule has 1 saturated heterocycles. The highest BCUT2D eigenvalue weighted by atomic mass is 16.5. The summed E-state index contributed by atoms with van der Waals surface area (Å²) in [5, 5.41) is 3.18. The van der Waals surface area contributed by atoms with Crippen LogP contribution in [-0.2, 0) is 9.47 Å². The van der Waals surface area contributed by atoms with Gasteiger partial charge in [0.2, 0.25) is 0 Å². The highest BCUT2D eigenvalue weighted by molar-refractivity contribution is 4.80. The maximum absolute atomic E-state index is 6.04. The van der Waals surface area contributed by atoms with Crippen LogP contribution in [0.1, 0.15) is 52.4 Å². The summed E-state index contributed by atoms with van der Waals surface area (Å²) in [5.74, 6) is 0. The van der Waals surface area contributed by atoms with Crippen LogP contribution in [-0.4, -0.2) is 38.5 Å². The molecule has 0 aromatic heterocycles. The summed E-state index contributed by atoms with van der Waals surface area (Å²) in [5.41, 5.74) is 0.529. The van der Waals surface area contributed by atoms with Crippen LogP contribution in [0.5, 0.6) is 0 Å². The Morgan fingerprint density at radius 3 is 2.44 bits per heavy atom. The van der Waals surface area contributed by atoms with Crippen LogP contribution in [0.25, 0.3) is 0 Å². The minimum Gasteiger partial charge on any atom is -0.376 e. The van der Waals surface area contributed by atoms with E-state index in [0.29, 0.717) is 23.7 Å². The number of ether oxygens (including phenoxy) is 2. The summed E-state index contributed by atoms with van der Waals surface area (Å²) in [6.45, 7) is 6.50. The Labute approximate surface area is 112 Å². The topological polar surface area (TPSA) is 30.5 Å². The van der Waals surface area contributed by atoms with Crippen molar-refractivity contribution in [1.82, 2.24) is 5.32 Å². The highest BCUT2D eigenvalue weighted by Crippen LogP contribution is 2.36. The molecule has 1 saturated carbocycles. The normalized spacial score (nSPS) is 32.8. The molecule has 0 spiro atoms. The number of rotatable bonds is 5. The second-order valence-electron chi connectivity index (χ2n) is 6.71. The number of hydrogen-bond acceptors (Lipinski definition) is 3. The van der Waals surface area contributed by atoms with Crippen molar-refractivity contribution in [2.75, 3.05) is 20.2 Å². The molecule has 106 valence electrons. The first kappa shape index (κ1) is 14.3. The lowest BCUT2D eigenvalue weighted by Gasteiger charge is -2.34. The first-order valence-electron chi connectivity index (χ1n) is 7.51. The molecule has 2 rings (SSSR count). The Morgan fingerprint density at radius 1 is 1.11 bits per heavy atom. The van der Waals surface area contributed by atoms with Crippen molar-refractivity contribution < 1.29 is 9.47 Å². The van der Waals surface area contributed by atoms with Crippen molar-refractivity contribution in [2.45, 2.75) is 70.7 Å². The molecular weight excluding hydrogens is 226 g/mol. The Kier molecular flexibility index (Phi) is 5.05. The van der Waals surface area contributed by atoms with Gasteiger partial charge in [-0.05, 0) is 51.0 Å². The molecular formula is C15H29NO2. The van der Waals surface area contributed by atoms with Crippen molar-refractivity contribution in [1.29, 1.82) is 0 Å². The number of hydrogen-bond donors (Lipinski definition) is 1. The molecule has 2 aliphatic rings. The van der Waals surface area contributed by atoms with Gasteiger partial charge in [-0.3, -0.25) is 0 Å². The molecule has 2 atom stereocenters. The van der Waals surface area contributed by atoms with Crippen molar-refractivity contribution in [3.05, 3.63) is 0 Å². The van der Waals surface area contributed by atoms with E-state index in [2.05, 4.69) is 19.2 Å². The van der Waals surface area contributed by atoms with E-state index in [1.54, 1.807) is 0 Å². The molecule has 1 heterocycles. The van der Waals surface area contributed by atoms with Gasteiger partial charge in [-0.1, -0.05) is 13.8 Å². The lowest BCUT2D eigenvalue weighted by molar-refractivity contribution is -0.0581. The van der Waals surface area contributed by atoms with Gasteiger partial charge < -0.3 is 14.8 Å². The summed E-state index contributed by atoms with van der Waals surface area (Å²) in [6.07, 6.45) is 8.57. The van der Waals surface area contributed by atoms with E-state index >= 15 is 0 Å². The largest absolute Gasteiger partial charge is 0.376 e.